The van der Waals surface area contributed by atoms with Crippen molar-refractivity contribution >= 4 is 73.9 Å². The molecule has 4 aromatic rings. The first-order valence-corrected chi connectivity index (χ1v) is 22.8. The number of thiophene rings is 2. The highest BCUT2D eigenvalue weighted by atomic mass is 32.1. The molecule has 4 saturated heterocycles. The van der Waals surface area contributed by atoms with Gasteiger partial charge in [0.15, 0.2) is 5.78 Å². The quantitative estimate of drug-likeness (QED) is 0.117. The van der Waals surface area contributed by atoms with Gasteiger partial charge in [0.25, 0.3) is 11.8 Å². The lowest BCUT2D eigenvalue weighted by Gasteiger charge is -2.37. The Morgan fingerprint density at radius 3 is 1.86 bits per heavy atom. The van der Waals surface area contributed by atoms with Gasteiger partial charge in [-0.05, 0) is 49.9 Å². The number of rotatable bonds is 18. The number of unbranched alkanes of at least 4 members (excludes halogenated alkanes) is 3. The van der Waals surface area contributed by atoms with Crippen molar-refractivity contribution in [2.24, 2.45) is 0 Å². The van der Waals surface area contributed by atoms with E-state index in [1.165, 1.54) is 22.7 Å². The van der Waals surface area contributed by atoms with E-state index in [4.69, 9.17) is 9.47 Å². The highest BCUT2D eigenvalue weighted by Crippen LogP contribution is 2.33. The Bertz CT molecular complexity index is 1800. The van der Waals surface area contributed by atoms with E-state index in [0.29, 0.717) is 98.3 Å². The Morgan fingerprint density at radius 2 is 1.27 bits per heavy atom. The Kier molecular flexibility index (Phi) is 13.0. The summed E-state index contributed by atoms with van der Waals surface area (Å²) >= 11 is 5.99. The van der Waals surface area contributed by atoms with Crippen LogP contribution >= 0.6 is 45.3 Å². The molecule has 8 heterocycles. The maximum atomic E-state index is 13.0. The number of hydrogen-bond donors (Lipinski definition) is 3. The van der Waals surface area contributed by atoms with Crippen molar-refractivity contribution in [1.29, 1.82) is 0 Å². The number of thiazole rings is 2. The molecule has 4 aliphatic heterocycles. The molecule has 4 aliphatic rings. The van der Waals surface area contributed by atoms with Gasteiger partial charge >= 0.3 is 0 Å². The molecule has 3 amide bonds. The molecule has 56 heavy (non-hydrogen) atoms. The van der Waals surface area contributed by atoms with E-state index < -0.39 is 0 Å². The van der Waals surface area contributed by atoms with Crippen LogP contribution in [0.2, 0.25) is 0 Å². The highest BCUT2D eigenvalue weighted by Gasteiger charge is 2.36. The predicted molar refractivity (Wildman–Crippen MR) is 218 cm³/mol. The van der Waals surface area contributed by atoms with E-state index in [9.17, 15) is 19.2 Å². The van der Waals surface area contributed by atoms with Crippen molar-refractivity contribution in [3.8, 4) is 0 Å². The molecule has 8 rings (SSSR count). The normalized spacial score (nSPS) is 22.6. The molecule has 0 bridgehead atoms. The van der Waals surface area contributed by atoms with E-state index in [-0.39, 0.29) is 47.8 Å². The molecular formula is C39H47N7O6S4. The van der Waals surface area contributed by atoms with Crippen LogP contribution in [0, 0.1) is 0 Å². The number of hydrogen-bond acceptors (Lipinski definition) is 14. The number of carbonyl (C=O) groups is 4. The molecule has 4 fully saturated rings. The second kappa shape index (κ2) is 18.4. The van der Waals surface area contributed by atoms with Gasteiger partial charge in [-0.3, -0.25) is 19.2 Å². The first-order chi connectivity index (χ1) is 27.4. The maximum absolute atomic E-state index is 13.0. The lowest BCUT2D eigenvalue weighted by atomic mass is 10.0. The van der Waals surface area contributed by atoms with Crippen molar-refractivity contribution in [2.45, 2.75) is 81.1 Å². The summed E-state index contributed by atoms with van der Waals surface area (Å²) in [5.74, 6) is 0.712. The summed E-state index contributed by atoms with van der Waals surface area (Å²) in [6, 6.07) is 6.79. The zero-order valence-corrected chi connectivity index (χ0v) is 34.3. The van der Waals surface area contributed by atoms with Gasteiger partial charge in [0.05, 0.1) is 49.1 Å². The number of ether oxygens (including phenoxy) is 2. The molecule has 0 spiro atoms. The average molecular weight is 838 g/mol. The minimum Gasteiger partial charge on any atom is -0.377 e. The fourth-order valence-corrected chi connectivity index (χ4v) is 10.9. The number of nitrogens with zero attached hydrogens (tertiary/aromatic N) is 4. The zero-order valence-electron chi connectivity index (χ0n) is 31.1. The van der Waals surface area contributed by atoms with Crippen LogP contribution < -0.4 is 16.0 Å². The van der Waals surface area contributed by atoms with E-state index in [1.54, 1.807) is 47.2 Å². The summed E-state index contributed by atoms with van der Waals surface area (Å²) in [5.41, 5.74) is 0. The van der Waals surface area contributed by atoms with Gasteiger partial charge in [0.1, 0.15) is 0 Å². The smallest absolute Gasteiger partial charge is 0.264 e. The summed E-state index contributed by atoms with van der Waals surface area (Å²) < 4.78 is 12.2. The summed E-state index contributed by atoms with van der Waals surface area (Å²) in [6.07, 6.45) is 9.22. The number of anilines is 1. The van der Waals surface area contributed by atoms with Crippen LogP contribution in [-0.4, -0.2) is 120 Å². The fourth-order valence-electron chi connectivity index (χ4n) is 7.56. The fraction of sp³-hybridized carbons (Fsp3) is 0.538. The Balaban J connectivity index is 0.640. The monoisotopic (exact) mass is 837 g/mol. The molecule has 298 valence electrons. The molecule has 0 radical (unpaired) electrons. The maximum Gasteiger partial charge on any atom is 0.264 e. The Morgan fingerprint density at radius 1 is 0.714 bits per heavy atom. The van der Waals surface area contributed by atoms with Gasteiger partial charge in [-0.25, -0.2) is 9.97 Å². The molecule has 4 aromatic heterocycles. The third-order valence-corrected chi connectivity index (χ3v) is 14.8. The number of ketones is 1. The number of likely N-dealkylation sites (tertiary alicyclic amines) is 2. The van der Waals surface area contributed by atoms with Gasteiger partial charge in [-0.15, -0.1) is 45.3 Å². The van der Waals surface area contributed by atoms with Crippen molar-refractivity contribution in [2.75, 3.05) is 57.8 Å². The lowest BCUT2D eigenvalue weighted by Crippen LogP contribution is -2.48. The Hall–Kier alpha value is -3.42. The van der Waals surface area contributed by atoms with Crippen molar-refractivity contribution in [3.05, 3.63) is 72.1 Å². The first-order valence-electron chi connectivity index (χ1n) is 19.5. The molecule has 0 aliphatic carbocycles. The minimum absolute atomic E-state index is 0.00286. The first kappa shape index (κ1) is 39.4. The van der Waals surface area contributed by atoms with Crippen LogP contribution in [0.25, 0.3) is 0 Å². The second-order valence-corrected chi connectivity index (χ2v) is 19.0. The number of Topliss-reactive ketones (excluding diaryl/α,β-unsaturated/α-hetero) is 1. The van der Waals surface area contributed by atoms with Crippen LogP contribution in [0.3, 0.4) is 0 Å². The Labute approximate surface area is 342 Å². The van der Waals surface area contributed by atoms with Crippen LogP contribution in [0.4, 0.5) is 5.00 Å². The van der Waals surface area contributed by atoms with Crippen molar-refractivity contribution in [3.63, 3.8) is 0 Å². The molecule has 0 saturated carbocycles. The van der Waals surface area contributed by atoms with Crippen molar-refractivity contribution in [1.82, 2.24) is 30.4 Å². The minimum atomic E-state index is -0.328. The lowest BCUT2D eigenvalue weighted by molar-refractivity contribution is -0.120. The third kappa shape index (κ3) is 9.64. The second-order valence-electron chi connectivity index (χ2n) is 14.9. The molecular weight excluding hydrogens is 791 g/mol. The van der Waals surface area contributed by atoms with Gasteiger partial charge in [-0.2, -0.15) is 0 Å². The number of amides is 3. The summed E-state index contributed by atoms with van der Waals surface area (Å²) in [6.45, 7) is 5.38. The summed E-state index contributed by atoms with van der Waals surface area (Å²) in [5, 5.41) is 16.3. The van der Waals surface area contributed by atoms with E-state index in [0.717, 1.165) is 40.6 Å². The van der Waals surface area contributed by atoms with E-state index in [1.807, 2.05) is 32.7 Å². The standard InChI is InChI=1S/C39H47N7O6S4/c47-31(17-28-5-6-32(55-28)38(49)45-20-24(21-45)36-40-9-13-53-36)29-15-26(18-42-29)51-11-3-1-2-4-12-52-27-16-30(43-19-27)35(48)44-34-8-7-33(56-34)39(50)46-22-25(23-46)37-41-10-14-54-37/h5-10,13-14,24-27,29-30,42-43H,1-4,11-12,15-23H2,(H,44,48)/t26-,27-,29+,30+/m1/s1. The van der Waals surface area contributed by atoms with Gasteiger partial charge in [0, 0.05) is 98.8 Å². The molecule has 0 unspecified atom stereocenters. The molecule has 4 atom stereocenters. The molecule has 3 N–H and O–H groups in total. The predicted octanol–water partition coefficient (Wildman–Crippen LogP) is 5.01. The number of nitrogens with one attached hydrogen (secondary N) is 3. The van der Waals surface area contributed by atoms with E-state index >= 15 is 0 Å². The summed E-state index contributed by atoms with van der Waals surface area (Å²) in [7, 11) is 0. The van der Waals surface area contributed by atoms with Crippen LogP contribution in [0.1, 0.15) is 84.6 Å². The van der Waals surface area contributed by atoms with Crippen molar-refractivity contribution < 1.29 is 28.7 Å². The van der Waals surface area contributed by atoms with Gasteiger partial charge in [-0.1, -0.05) is 12.8 Å². The number of aromatic nitrogens is 2. The SMILES string of the molecule is O=C(Cc1ccc(C(=O)N2CC(c3nccs3)C2)s1)[C@@H]1C[C@@H](OCCCCCCO[C@H]2CN[C@H](C(=O)Nc3ccc(C(=O)N4CC(c5nccs5)C4)s3)C2)CN1. The number of carbonyl (C=O) groups excluding carboxylic acids is 4. The van der Waals surface area contributed by atoms with E-state index in [2.05, 4.69) is 25.9 Å². The summed E-state index contributed by atoms with van der Waals surface area (Å²) in [4.78, 5) is 66.4. The van der Waals surface area contributed by atoms with Gasteiger partial charge in [0.2, 0.25) is 5.91 Å². The third-order valence-electron chi connectivity index (χ3n) is 10.9. The van der Waals surface area contributed by atoms with Crippen LogP contribution in [0.15, 0.2) is 47.4 Å². The van der Waals surface area contributed by atoms with Crippen LogP contribution in [-0.2, 0) is 25.5 Å². The zero-order chi connectivity index (χ0) is 38.4. The van der Waals surface area contributed by atoms with Gasteiger partial charge < -0.3 is 35.2 Å². The molecule has 17 heteroatoms. The molecule has 13 nitrogen and oxygen atoms in total. The average Bonchev–Trinajstić information content (AvgIpc) is 4.00. The van der Waals surface area contributed by atoms with Crippen LogP contribution in [0.5, 0.6) is 0 Å². The largest absolute Gasteiger partial charge is 0.377 e. The topological polar surface area (TPSA) is 155 Å². The molecule has 0 aromatic carbocycles. The highest BCUT2D eigenvalue weighted by molar-refractivity contribution is 7.18.